The smallest absolute Gasteiger partial charge is 0.421 e. The molecule has 1 saturated heterocycles. The minimum atomic E-state index is -1.61. The molecule has 4 atom stereocenters. The number of amides is 3. The number of hydrogen-bond acceptors (Lipinski definition) is 7. The van der Waals surface area contributed by atoms with Gasteiger partial charge in [-0.1, -0.05) is 30.4 Å². The van der Waals surface area contributed by atoms with Gasteiger partial charge in [-0.2, -0.15) is 0 Å². The molecule has 9 heteroatoms. The molecule has 206 valence electrons. The molecule has 0 N–H and O–H groups in total. The van der Waals surface area contributed by atoms with E-state index < -0.39 is 64.2 Å². The van der Waals surface area contributed by atoms with E-state index in [9.17, 15) is 19.2 Å². The highest BCUT2D eigenvalue weighted by molar-refractivity contribution is 6.23. The number of para-hydroxylation sites is 1. The Hall–Kier alpha value is -3.36. The molecule has 1 aromatic rings. The fraction of sp³-hybridized carbons (Fsp3) is 0.586. The van der Waals surface area contributed by atoms with Gasteiger partial charge in [0.15, 0.2) is 0 Å². The van der Waals surface area contributed by atoms with Crippen LogP contribution in [0.15, 0.2) is 36.4 Å². The van der Waals surface area contributed by atoms with Gasteiger partial charge < -0.3 is 14.2 Å². The van der Waals surface area contributed by atoms with Crippen LogP contribution in [0.4, 0.5) is 15.3 Å². The van der Waals surface area contributed by atoms with Crippen molar-refractivity contribution >= 4 is 29.8 Å². The molecule has 1 spiro atoms. The number of hydrogen-bond donors (Lipinski definition) is 0. The third-order valence-electron chi connectivity index (χ3n) is 6.68. The topological polar surface area (TPSA) is 102 Å². The molecule has 0 aromatic heterocycles. The van der Waals surface area contributed by atoms with Crippen molar-refractivity contribution in [1.82, 2.24) is 4.90 Å². The highest BCUT2D eigenvalue weighted by atomic mass is 16.6. The SMILES string of the molecule is CC(C)(C)OC(=O)[C@@H]1[C@H]2C=C[C@H](N(C(=O)OC(C)(C)C)C2)[C@@]12C(=O)N(C(=O)OC(C)(C)C)c1ccccc12. The Kier molecular flexibility index (Phi) is 6.44. The Morgan fingerprint density at radius 1 is 0.816 bits per heavy atom. The van der Waals surface area contributed by atoms with Crippen molar-refractivity contribution in [2.45, 2.75) is 90.6 Å². The molecule has 2 bridgehead atoms. The zero-order valence-electron chi connectivity index (χ0n) is 23.7. The molecular formula is C29H38N2O7. The molecule has 3 amide bonds. The van der Waals surface area contributed by atoms with Gasteiger partial charge in [-0.05, 0) is 73.9 Å². The lowest BCUT2D eigenvalue weighted by Gasteiger charge is -2.55. The summed E-state index contributed by atoms with van der Waals surface area (Å²) in [6.07, 6.45) is 2.19. The van der Waals surface area contributed by atoms with Gasteiger partial charge in [0.2, 0.25) is 0 Å². The van der Waals surface area contributed by atoms with E-state index in [2.05, 4.69) is 0 Å². The van der Waals surface area contributed by atoms with Gasteiger partial charge in [0, 0.05) is 12.5 Å². The van der Waals surface area contributed by atoms with E-state index in [0.717, 1.165) is 4.90 Å². The van der Waals surface area contributed by atoms with E-state index in [1.54, 1.807) is 92.7 Å². The Morgan fingerprint density at radius 2 is 1.37 bits per heavy atom. The van der Waals surface area contributed by atoms with Crippen LogP contribution in [0.5, 0.6) is 0 Å². The van der Waals surface area contributed by atoms with Gasteiger partial charge in [0.25, 0.3) is 5.91 Å². The van der Waals surface area contributed by atoms with Crippen molar-refractivity contribution in [3.8, 4) is 0 Å². The maximum atomic E-state index is 14.6. The maximum Gasteiger partial charge on any atom is 0.421 e. The van der Waals surface area contributed by atoms with Gasteiger partial charge in [-0.3, -0.25) is 14.5 Å². The zero-order valence-corrected chi connectivity index (χ0v) is 23.7. The van der Waals surface area contributed by atoms with Crippen molar-refractivity contribution in [3.05, 3.63) is 42.0 Å². The van der Waals surface area contributed by atoms with Crippen LogP contribution in [0.25, 0.3) is 0 Å². The molecule has 5 rings (SSSR count). The third kappa shape index (κ3) is 4.67. The Labute approximate surface area is 224 Å². The molecule has 3 aliphatic heterocycles. The van der Waals surface area contributed by atoms with Crippen LogP contribution in [0.1, 0.15) is 67.9 Å². The first-order chi connectivity index (χ1) is 17.4. The van der Waals surface area contributed by atoms with Crippen molar-refractivity contribution in [3.63, 3.8) is 0 Å². The molecule has 0 saturated carbocycles. The number of carbonyl (C=O) groups is 4. The number of carbonyl (C=O) groups excluding carboxylic acids is 4. The molecule has 1 aliphatic carbocycles. The summed E-state index contributed by atoms with van der Waals surface area (Å²) in [7, 11) is 0. The second kappa shape index (κ2) is 8.85. The Bertz CT molecular complexity index is 1200. The lowest BCUT2D eigenvalue weighted by atomic mass is 9.56. The fourth-order valence-electron chi connectivity index (χ4n) is 5.63. The largest absolute Gasteiger partial charge is 0.460 e. The second-order valence-electron chi connectivity index (χ2n) is 13.1. The van der Waals surface area contributed by atoms with Crippen LogP contribution in [0.2, 0.25) is 0 Å². The maximum absolute atomic E-state index is 14.6. The van der Waals surface area contributed by atoms with Crippen molar-refractivity contribution < 1.29 is 33.4 Å². The van der Waals surface area contributed by atoms with Crippen LogP contribution in [0.3, 0.4) is 0 Å². The molecule has 1 fully saturated rings. The molecule has 1 aromatic carbocycles. The third-order valence-corrected chi connectivity index (χ3v) is 6.68. The minimum absolute atomic E-state index is 0.170. The van der Waals surface area contributed by atoms with Crippen molar-refractivity contribution in [2.75, 3.05) is 11.4 Å². The van der Waals surface area contributed by atoms with E-state index in [-0.39, 0.29) is 6.54 Å². The van der Waals surface area contributed by atoms with Gasteiger partial charge >= 0.3 is 18.2 Å². The number of benzene rings is 1. The molecule has 0 radical (unpaired) electrons. The normalized spacial score (nSPS) is 26.4. The zero-order chi connectivity index (χ0) is 28.4. The van der Waals surface area contributed by atoms with Gasteiger partial charge in [0.1, 0.15) is 22.2 Å². The van der Waals surface area contributed by atoms with Crippen LogP contribution in [-0.4, -0.2) is 58.4 Å². The predicted octanol–water partition coefficient (Wildman–Crippen LogP) is 4.97. The fourth-order valence-corrected chi connectivity index (χ4v) is 5.63. The summed E-state index contributed by atoms with van der Waals surface area (Å²) in [6, 6.07) is 5.97. The molecule has 9 nitrogen and oxygen atoms in total. The van der Waals surface area contributed by atoms with Crippen molar-refractivity contribution in [1.29, 1.82) is 0 Å². The van der Waals surface area contributed by atoms with Crippen LogP contribution in [-0.2, 0) is 29.2 Å². The first kappa shape index (κ1) is 27.7. The van der Waals surface area contributed by atoms with Crippen LogP contribution in [0, 0.1) is 11.8 Å². The second-order valence-corrected chi connectivity index (χ2v) is 13.1. The Balaban J connectivity index is 1.92. The highest BCUT2D eigenvalue weighted by Crippen LogP contribution is 2.57. The summed E-state index contributed by atoms with van der Waals surface area (Å²) < 4.78 is 17.1. The van der Waals surface area contributed by atoms with Gasteiger partial charge in [0.05, 0.1) is 17.6 Å². The molecule has 0 unspecified atom stereocenters. The van der Waals surface area contributed by atoms with Gasteiger partial charge in [-0.15, -0.1) is 0 Å². The quantitative estimate of drug-likeness (QED) is 0.289. The summed E-state index contributed by atoms with van der Waals surface area (Å²) >= 11 is 0. The number of piperidine rings is 1. The van der Waals surface area contributed by atoms with Crippen molar-refractivity contribution in [2.24, 2.45) is 11.8 Å². The lowest BCUT2D eigenvalue weighted by Crippen LogP contribution is -2.70. The molecule has 38 heavy (non-hydrogen) atoms. The standard InChI is InChI=1S/C29H38N2O7/c1-26(2,3)36-22(32)21-17-14-15-20(30(16-17)24(34)37-27(4,5)6)29(21)18-12-10-11-13-19(18)31(23(29)33)25(35)38-28(7,8)9/h10-15,17,20-21H,16H2,1-9H3/t17-,20-,21-,29+/m0/s1. The van der Waals surface area contributed by atoms with E-state index in [1.807, 2.05) is 6.08 Å². The number of ether oxygens (including phenoxy) is 3. The summed E-state index contributed by atoms with van der Waals surface area (Å²) in [5.41, 5.74) is -3.25. The molecule has 3 heterocycles. The average molecular weight is 527 g/mol. The van der Waals surface area contributed by atoms with E-state index in [4.69, 9.17) is 14.2 Å². The monoisotopic (exact) mass is 526 g/mol. The van der Waals surface area contributed by atoms with Crippen LogP contribution >= 0.6 is 0 Å². The highest BCUT2D eigenvalue weighted by Gasteiger charge is 2.70. The lowest BCUT2D eigenvalue weighted by molar-refractivity contribution is -0.172. The minimum Gasteiger partial charge on any atom is -0.460 e. The number of anilines is 1. The Morgan fingerprint density at radius 3 is 1.95 bits per heavy atom. The first-order valence-corrected chi connectivity index (χ1v) is 12.9. The number of fused-ring (bicyclic) bond motifs is 2. The summed E-state index contributed by atoms with van der Waals surface area (Å²) in [5.74, 6) is -2.71. The number of imide groups is 1. The number of esters is 1. The first-order valence-electron chi connectivity index (χ1n) is 12.9. The summed E-state index contributed by atoms with van der Waals surface area (Å²) in [4.78, 5) is 57.8. The van der Waals surface area contributed by atoms with Crippen LogP contribution < -0.4 is 4.90 Å². The number of nitrogens with zero attached hydrogens (tertiary/aromatic N) is 2. The van der Waals surface area contributed by atoms with Gasteiger partial charge in [-0.25, -0.2) is 14.5 Å². The summed E-state index contributed by atoms with van der Waals surface area (Å²) in [5, 5.41) is 0. The summed E-state index contributed by atoms with van der Waals surface area (Å²) in [6.45, 7) is 15.9. The predicted molar refractivity (Wildman–Crippen MR) is 141 cm³/mol. The van der Waals surface area contributed by atoms with E-state index in [0.29, 0.717) is 11.3 Å². The average Bonchev–Trinajstić information content (AvgIpc) is 2.99. The van der Waals surface area contributed by atoms with E-state index in [1.165, 1.54) is 4.90 Å². The van der Waals surface area contributed by atoms with E-state index >= 15 is 0 Å². The molecular weight excluding hydrogens is 488 g/mol. The molecule has 4 aliphatic rings. The number of rotatable bonds is 1.